The molecule has 2 aromatic carbocycles. The number of nitrogens with zero attached hydrogens (tertiary/aromatic N) is 5. The monoisotopic (exact) mass is 414 g/mol. The molecule has 0 aliphatic rings. The van der Waals surface area contributed by atoms with Crippen LogP contribution in [0.15, 0.2) is 47.6 Å². The lowest BCUT2D eigenvalue weighted by molar-refractivity contribution is -0.113. The van der Waals surface area contributed by atoms with Gasteiger partial charge >= 0.3 is 0 Å². The minimum absolute atomic E-state index is 0.0502. The smallest absolute Gasteiger partial charge is 0.234 e. The summed E-state index contributed by atoms with van der Waals surface area (Å²) in [6, 6.07) is 14.1. The number of carbonyl (C=O) groups is 1. The molecule has 0 saturated carbocycles. The van der Waals surface area contributed by atoms with Gasteiger partial charge in [0.1, 0.15) is 17.5 Å². The van der Waals surface area contributed by atoms with Crippen molar-refractivity contribution in [2.75, 3.05) is 17.7 Å². The zero-order chi connectivity index (χ0) is 19.9. The van der Waals surface area contributed by atoms with Gasteiger partial charge in [-0.3, -0.25) is 4.79 Å². The van der Waals surface area contributed by atoms with Gasteiger partial charge in [-0.15, -0.1) is 5.10 Å². The zero-order valence-corrected chi connectivity index (χ0v) is 16.4. The summed E-state index contributed by atoms with van der Waals surface area (Å²) in [5.41, 5.74) is 1.37. The number of benzene rings is 2. The van der Waals surface area contributed by atoms with Gasteiger partial charge in [0.05, 0.1) is 23.6 Å². The predicted molar refractivity (Wildman–Crippen MR) is 106 cm³/mol. The van der Waals surface area contributed by atoms with E-state index in [1.807, 2.05) is 37.3 Å². The zero-order valence-electron chi connectivity index (χ0n) is 14.8. The highest BCUT2D eigenvalue weighted by Crippen LogP contribution is 2.26. The number of tetrazole rings is 1. The van der Waals surface area contributed by atoms with E-state index in [0.717, 1.165) is 11.8 Å². The van der Waals surface area contributed by atoms with Crippen molar-refractivity contribution in [2.24, 2.45) is 0 Å². The fourth-order valence-corrected chi connectivity index (χ4v) is 3.22. The van der Waals surface area contributed by atoms with Crippen LogP contribution < -0.4 is 10.1 Å². The van der Waals surface area contributed by atoms with Gasteiger partial charge < -0.3 is 10.1 Å². The molecule has 0 spiro atoms. The Labute approximate surface area is 170 Å². The highest BCUT2D eigenvalue weighted by molar-refractivity contribution is 7.99. The number of hydrogen-bond donors (Lipinski definition) is 1. The number of aromatic nitrogens is 4. The average Bonchev–Trinajstić information content (AvgIpc) is 3.16. The summed E-state index contributed by atoms with van der Waals surface area (Å²) in [5, 5.41) is 24.4. The van der Waals surface area contributed by atoms with Gasteiger partial charge in [-0.1, -0.05) is 35.5 Å². The molecule has 1 amide bonds. The van der Waals surface area contributed by atoms with Gasteiger partial charge in [0.25, 0.3) is 0 Å². The van der Waals surface area contributed by atoms with Crippen LogP contribution in [0.5, 0.6) is 5.75 Å². The standard InChI is InChI=1S/C18H15ClN6O2S/c1-2-27-16-6-4-3-5-15(16)25-18(22-23-24-25)28-11-17(26)21-14-9-13(19)8-7-12(14)10-20/h3-9H,2,11H2,1H3,(H,21,26). The van der Waals surface area contributed by atoms with Crippen molar-refractivity contribution in [3.05, 3.63) is 53.1 Å². The lowest BCUT2D eigenvalue weighted by atomic mass is 10.2. The minimum Gasteiger partial charge on any atom is -0.492 e. The van der Waals surface area contributed by atoms with Gasteiger partial charge in [-0.2, -0.15) is 9.94 Å². The fraction of sp³-hybridized carbons (Fsp3) is 0.167. The second-order valence-electron chi connectivity index (χ2n) is 5.41. The summed E-state index contributed by atoms with van der Waals surface area (Å²) >= 11 is 7.10. The molecule has 0 atom stereocenters. The largest absolute Gasteiger partial charge is 0.492 e. The van der Waals surface area contributed by atoms with E-state index in [2.05, 4.69) is 20.8 Å². The van der Waals surface area contributed by atoms with E-state index in [4.69, 9.17) is 21.6 Å². The van der Waals surface area contributed by atoms with Crippen LogP contribution in [0.2, 0.25) is 5.02 Å². The number of carbonyl (C=O) groups excluding carboxylic acids is 1. The van der Waals surface area contributed by atoms with Crippen LogP contribution in [-0.4, -0.2) is 38.5 Å². The lowest BCUT2D eigenvalue weighted by Gasteiger charge is -2.10. The first-order chi connectivity index (χ1) is 13.6. The van der Waals surface area contributed by atoms with Crippen molar-refractivity contribution >= 4 is 35.0 Å². The molecule has 1 N–H and O–H groups in total. The second kappa shape index (κ2) is 9.21. The molecular weight excluding hydrogens is 400 g/mol. The molecule has 28 heavy (non-hydrogen) atoms. The van der Waals surface area contributed by atoms with Gasteiger partial charge in [0.2, 0.25) is 11.1 Å². The predicted octanol–water partition coefficient (Wildman–Crippen LogP) is 3.32. The number of thioether (sulfide) groups is 1. The molecule has 10 heteroatoms. The lowest BCUT2D eigenvalue weighted by Crippen LogP contribution is -2.15. The highest BCUT2D eigenvalue weighted by atomic mass is 35.5. The molecule has 3 rings (SSSR count). The molecule has 0 aliphatic carbocycles. The maximum Gasteiger partial charge on any atom is 0.234 e. The van der Waals surface area contributed by atoms with Gasteiger partial charge in [-0.25, -0.2) is 0 Å². The Bertz CT molecular complexity index is 1030. The maximum absolute atomic E-state index is 12.3. The van der Waals surface area contributed by atoms with Crippen molar-refractivity contribution in [3.8, 4) is 17.5 Å². The summed E-state index contributed by atoms with van der Waals surface area (Å²) < 4.78 is 7.13. The Balaban J connectivity index is 1.72. The number of amides is 1. The summed E-state index contributed by atoms with van der Waals surface area (Å²) in [7, 11) is 0. The van der Waals surface area contributed by atoms with E-state index < -0.39 is 0 Å². The molecule has 0 aliphatic heterocycles. The number of anilines is 1. The van der Waals surface area contributed by atoms with Gasteiger partial charge in [-0.05, 0) is 47.7 Å². The second-order valence-corrected chi connectivity index (χ2v) is 6.79. The Kier molecular flexibility index (Phi) is 6.47. The van der Waals surface area contributed by atoms with E-state index in [9.17, 15) is 4.79 Å². The SMILES string of the molecule is CCOc1ccccc1-n1nnnc1SCC(=O)Nc1cc(Cl)ccc1C#N. The third kappa shape index (κ3) is 4.60. The Morgan fingerprint density at radius 3 is 2.96 bits per heavy atom. The Morgan fingerprint density at radius 1 is 1.36 bits per heavy atom. The fourth-order valence-electron chi connectivity index (χ4n) is 2.36. The molecule has 0 fully saturated rings. The van der Waals surface area contributed by atoms with Crippen molar-refractivity contribution in [1.29, 1.82) is 5.26 Å². The normalized spacial score (nSPS) is 10.3. The molecule has 1 heterocycles. The first-order valence-corrected chi connectivity index (χ1v) is 9.61. The quantitative estimate of drug-likeness (QED) is 0.591. The molecule has 0 saturated heterocycles. The summed E-state index contributed by atoms with van der Waals surface area (Å²) in [6.07, 6.45) is 0. The van der Waals surface area contributed by atoms with Gasteiger partial charge in [0.15, 0.2) is 0 Å². The van der Waals surface area contributed by atoms with Crippen LogP contribution in [0.25, 0.3) is 5.69 Å². The molecule has 3 aromatic rings. The van der Waals surface area contributed by atoms with Crippen LogP contribution in [0.3, 0.4) is 0 Å². The van der Waals surface area contributed by atoms with Crippen molar-refractivity contribution < 1.29 is 9.53 Å². The first kappa shape index (κ1) is 19.7. The third-order valence-corrected chi connectivity index (χ3v) is 4.70. The van der Waals surface area contributed by atoms with Crippen molar-refractivity contribution in [3.63, 3.8) is 0 Å². The summed E-state index contributed by atoms with van der Waals surface area (Å²) in [6.45, 7) is 2.40. The third-order valence-electron chi connectivity index (χ3n) is 3.54. The molecule has 142 valence electrons. The molecule has 0 bridgehead atoms. The van der Waals surface area contributed by atoms with E-state index in [1.165, 1.54) is 10.7 Å². The number of para-hydroxylation sites is 2. The minimum atomic E-state index is -0.309. The Morgan fingerprint density at radius 2 is 2.18 bits per heavy atom. The number of rotatable bonds is 7. The topological polar surface area (TPSA) is 106 Å². The van der Waals surface area contributed by atoms with Crippen molar-refractivity contribution in [2.45, 2.75) is 12.1 Å². The number of hydrogen-bond acceptors (Lipinski definition) is 7. The van der Waals surface area contributed by atoms with Gasteiger partial charge in [0, 0.05) is 5.02 Å². The van der Waals surface area contributed by atoms with Crippen LogP contribution in [0.4, 0.5) is 5.69 Å². The van der Waals surface area contributed by atoms with E-state index in [1.54, 1.807) is 12.1 Å². The number of ether oxygens (including phenoxy) is 1. The van der Waals surface area contributed by atoms with Crippen molar-refractivity contribution in [1.82, 2.24) is 20.2 Å². The molecule has 1 aromatic heterocycles. The number of nitrogens with one attached hydrogen (secondary N) is 1. The first-order valence-electron chi connectivity index (χ1n) is 8.25. The number of halogens is 1. The van der Waals surface area contributed by atoms with E-state index >= 15 is 0 Å². The average molecular weight is 415 g/mol. The molecule has 0 radical (unpaired) electrons. The van der Waals surface area contributed by atoms with E-state index in [-0.39, 0.29) is 11.7 Å². The molecular formula is C18H15ClN6O2S. The Hall–Kier alpha value is -3.09. The van der Waals surface area contributed by atoms with Crippen LogP contribution in [0.1, 0.15) is 12.5 Å². The van der Waals surface area contributed by atoms with Crippen LogP contribution >= 0.6 is 23.4 Å². The highest BCUT2D eigenvalue weighted by Gasteiger charge is 2.15. The van der Waals surface area contributed by atoms with Crippen LogP contribution in [-0.2, 0) is 4.79 Å². The summed E-state index contributed by atoms with van der Waals surface area (Å²) in [5.74, 6) is 0.381. The molecule has 0 unspecified atom stereocenters. The maximum atomic E-state index is 12.3. The molecule has 8 nitrogen and oxygen atoms in total. The van der Waals surface area contributed by atoms with Crippen LogP contribution in [0, 0.1) is 11.3 Å². The summed E-state index contributed by atoms with van der Waals surface area (Å²) in [4.78, 5) is 12.3. The number of nitriles is 1. The van der Waals surface area contributed by atoms with E-state index in [0.29, 0.717) is 39.5 Å².